The zero-order valence-electron chi connectivity index (χ0n) is 14.5. The molecule has 0 radical (unpaired) electrons. The van der Waals surface area contributed by atoms with E-state index < -0.39 is 0 Å². The molecule has 0 saturated carbocycles. The highest BCUT2D eigenvalue weighted by Crippen LogP contribution is 2.35. The van der Waals surface area contributed by atoms with Crippen molar-refractivity contribution in [3.05, 3.63) is 84.4 Å². The Labute approximate surface area is 143 Å². The lowest BCUT2D eigenvalue weighted by molar-refractivity contribution is 0.591. The van der Waals surface area contributed by atoms with Gasteiger partial charge in [0.1, 0.15) is 0 Å². The van der Waals surface area contributed by atoms with Crippen molar-refractivity contribution in [3.63, 3.8) is 0 Å². The second-order valence-corrected chi connectivity index (χ2v) is 7.52. The predicted molar refractivity (Wildman–Crippen MR) is 106 cm³/mol. The Balaban J connectivity index is 2.05. The van der Waals surface area contributed by atoms with Crippen LogP contribution < -0.4 is 0 Å². The van der Waals surface area contributed by atoms with Gasteiger partial charge in [-0.3, -0.25) is 0 Å². The molecular weight excluding hydrogens is 288 g/mol. The molecule has 0 spiro atoms. The number of benzene rings is 4. The maximum Gasteiger partial charge on any atom is -0.00991 e. The molecular formula is C24H22. The molecule has 0 bridgehead atoms. The van der Waals surface area contributed by atoms with Gasteiger partial charge in [-0.25, -0.2) is 0 Å². The Morgan fingerprint density at radius 3 is 1.83 bits per heavy atom. The molecule has 118 valence electrons. The first kappa shape index (κ1) is 15.0. The molecule has 0 aliphatic rings. The molecule has 0 aliphatic carbocycles. The van der Waals surface area contributed by atoms with Gasteiger partial charge in [0.2, 0.25) is 0 Å². The van der Waals surface area contributed by atoms with E-state index in [0.29, 0.717) is 0 Å². The van der Waals surface area contributed by atoms with Gasteiger partial charge in [-0.05, 0) is 43.7 Å². The van der Waals surface area contributed by atoms with Gasteiger partial charge < -0.3 is 0 Å². The van der Waals surface area contributed by atoms with Gasteiger partial charge in [-0.15, -0.1) is 0 Å². The molecule has 0 saturated heterocycles. The Morgan fingerprint density at radius 2 is 1.12 bits per heavy atom. The zero-order chi connectivity index (χ0) is 16.7. The third-order valence-corrected chi connectivity index (χ3v) is 4.83. The van der Waals surface area contributed by atoms with Crippen LogP contribution in [-0.4, -0.2) is 0 Å². The third kappa shape index (κ3) is 2.49. The highest BCUT2D eigenvalue weighted by atomic mass is 14.2. The first-order valence-electron chi connectivity index (χ1n) is 8.55. The Kier molecular flexibility index (Phi) is 3.42. The second kappa shape index (κ2) is 5.49. The van der Waals surface area contributed by atoms with Crippen molar-refractivity contribution >= 4 is 21.5 Å². The van der Waals surface area contributed by atoms with E-state index in [1.165, 1.54) is 38.2 Å². The van der Waals surface area contributed by atoms with Crippen LogP contribution in [0.25, 0.3) is 32.7 Å². The van der Waals surface area contributed by atoms with Crippen molar-refractivity contribution in [2.45, 2.75) is 26.2 Å². The fourth-order valence-electron chi connectivity index (χ4n) is 3.43. The minimum atomic E-state index is 0.153. The van der Waals surface area contributed by atoms with Crippen LogP contribution in [0.4, 0.5) is 0 Å². The fraction of sp³-hybridized carbons (Fsp3) is 0.167. The molecule has 4 aromatic carbocycles. The van der Waals surface area contributed by atoms with E-state index in [2.05, 4.69) is 99.6 Å². The topological polar surface area (TPSA) is 0 Å². The summed E-state index contributed by atoms with van der Waals surface area (Å²) in [7, 11) is 0. The smallest absolute Gasteiger partial charge is 0.00991 e. The van der Waals surface area contributed by atoms with Crippen LogP contribution in [0, 0.1) is 0 Å². The van der Waals surface area contributed by atoms with E-state index >= 15 is 0 Å². The van der Waals surface area contributed by atoms with Crippen molar-refractivity contribution in [1.29, 1.82) is 0 Å². The summed E-state index contributed by atoms with van der Waals surface area (Å²) >= 11 is 0. The number of hydrogen-bond donors (Lipinski definition) is 0. The van der Waals surface area contributed by atoms with Crippen LogP contribution in [0.1, 0.15) is 26.3 Å². The third-order valence-electron chi connectivity index (χ3n) is 4.83. The molecule has 4 aromatic rings. The van der Waals surface area contributed by atoms with Gasteiger partial charge in [0.05, 0.1) is 0 Å². The summed E-state index contributed by atoms with van der Waals surface area (Å²) < 4.78 is 0. The highest BCUT2D eigenvalue weighted by Gasteiger charge is 2.15. The summed E-state index contributed by atoms with van der Waals surface area (Å²) in [4.78, 5) is 0. The van der Waals surface area contributed by atoms with E-state index in [1.807, 2.05) is 0 Å². The van der Waals surface area contributed by atoms with Crippen molar-refractivity contribution in [2.24, 2.45) is 0 Å². The van der Waals surface area contributed by atoms with E-state index in [0.717, 1.165) is 0 Å². The number of rotatable bonds is 1. The molecule has 0 N–H and O–H groups in total. The summed E-state index contributed by atoms with van der Waals surface area (Å²) in [5.41, 5.74) is 4.16. The van der Waals surface area contributed by atoms with Gasteiger partial charge in [-0.2, -0.15) is 0 Å². The van der Waals surface area contributed by atoms with Crippen molar-refractivity contribution in [1.82, 2.24) is 0 Å². The van der Waals surface area contributed by atoms with E-state index in [9.17, 15) is 0 Å². The molecule has 0 unspecified atom stereocenters. The summed E-state index contributed by atoms with van der Waals surface area (Å²) in [5.74, 6) is 0. The van der Waals surface area contributed by atoms with E-state index in [1.54, 1.807) is 0 Å². The maximum absolute atomic E-state index is 2.37. The molecule has 0 heterocycles. The van der Waals surface area contributed by atoms with Gasteiger partial charge >= 0.3 is 0 Å². The summed E-state index contributed by atoms with van der Waals surface area (Å²) in [6, 6.07) is 28.7. The van der Waals surface area contributed by atoms with Crippen LogP contribution in [0.5, 0.6) is 0 Å². The quantitative estimate of drug-likeness (QED) is 0.356. The lowest BCUT2D eigenvalue weighted by Crippen LogP contribution is -2.10. The van der Waals surface area contributed by atoms with Gasteiger partial charge in [-0.1, -0.05) is 99.6 Å². The number of hydrogen-bond acceptors (Lipinski definition) is 0. The molecule has 0 amide bonds. The van der Waals surface area contributed by atoms with Crippen LogP contribution in [-0.2, 0) is 5.41 Å². The Bertz CT molecular complexity index is 1030. The average Bonchev–Trinajstić information content (AvgIpc) is 2.59. The van der Waals surface area contributed by atoms with Gasteiger partial charge in [0.15, 0.2) is 0 Å². The second-order valence-electron chi connectivity index (χ2n) is 7.52. The minimum absolute atomic E-state index is 0.153. The predicted octanol–water partition coefficient (Wildman–Crippen LogP) is 6.96. The van der Waals surface area contributed by atoms with Crippen molar-refractivity contribution < 1.29 is 0 Å². The summed E-state index contributed by atoms with van der Waals surface area (Å²) in [6.07, 6.45) is 0. The first-order valence-corrected chi connectivity index (χ1v) is 8.55. The lowest BCUT2D eigenvalue weighted by Gasteiger charge is -2.20. The molecule has 0 atom stereocenters. The van der Waals surface area contributed by atoms with Crippen LogP contribution in [0.3, 0.4) is 0 Å². The molecule has 0 nitrogen and oxygen atoms in total. The molecule has 0 aliphatic heterocycles. The van der Waals surface area contributed by atoms with Crippen molar-refractivity contribution in [2.75, 3.05) is 0 Å². The van der Waals surface area contributed by atoms with Gasteiger partial charge in [0.25, 0.3) is 0 Å². The maximum atomic E-state index is 2.37. The molecule has 0 aromatic heterocycles. The van der Waals surface area contributed by atoms with Crippen molar-refractivity contribution in [3.8, 4) is 11.1 Å². The largest absolute Gasteiger partial charge is 0.0616 e. The normalized spacial score (nSPS) is 12.0. The minimum Gasteiger partial charge on any atom is -0.0616 e. The standard InChI is InChI=1S/C24H22/c1-24(2,3)19-15-14-18-10-7-13-22(23(18)16-19)21-12-6-9-17-8-4-5-11-20(17)21/h4-16H,1-3H3. The van der Waals surface area contributed by atoms with E-state index in [-0.39, 0.29) is 5.41 Å². The Hall–Kier alpha value is -2.60. The first-order chi connectivity index (χ1) is 11.5. The molecule has 0 fully saturated rings. The average molecular weight is 310 g/mol. The fourth-order valence-corrected chi connectivity index (χ4v) is 3.43. The lowest BCUT2D eigenvalue weighted by atomic mass is 9.84. The van der Waals surface area contributed by atoms with Gasteiger partial charge in [0, 0.05) is 0 Å². The molecule has 4 rings (SSSR count). The summed E-state index contributed by atoms with van der Waals surface area (Å²) in [6.45, 7) is 6.82. The number of fused-ring (bicyclic) bond motifs is 2. The monoisotopic (exact) mass is 310 g/mol. The molecule has 24 heavy (non-hydrogen) atoms. The zero-order valence-corrected chi connectivity index (χ0v) is 14.5. The molecule has 0 heteroatoms. The Morgan fingerprint density at radius 1 is 0.542 bits per heavy atom. The highest BCUT2D eigenvalue weighted by molar-refractivity contribution is 6.05. The van der Waals surface area contributed by atoms with E-state index in [4.69, 9.17) is 0 Å². The SMILES string of the molecule is CC(C)(C)c1ccc2cccc(-c3cccc4ccccc34)c2c1. The van der Waals surface area contributed by atoms with Crippen LogP contribution in [0.15, 0.2) is 78.9 Å². The van der Waals surface area contributed by atoms with Crippen LogP contribution >= 0.6 is 0 Å². The summed E-state index contributed by atoms with van der Waals surface area (Å²) in [5, 5.41) is 5.24. The van der Waals surface area contributed by atoms with Crippen LogP contribution in [0.2, 0.25) is 0 Å².